The summed E-state index contributed by atoms with van der Waals surface area (Å²) in [6.07, 6.45) is 5.38. The van der Waals surface area contributed by atoms with E-state index < -0.39 is 0 Å². The molecule has 0 fully saturated rings. The fraction of sp³-hybridized carbons (Fsp3) is 0.588. The predicted molar refractivity (Wildman–Crippen MR) is 88.7 cm³/mol. The van der Waals surface area contributed by atoms with Crippen LogP contribution in [0.4, 0.5) is 5.69 Å². The Morgan fingerprint density at radius 1 is 1.29 bits per heavy atom. The van der Waals surface area contributed by atoms with Crippen LogP contribution in [-0.4, -0.2) is 24.2 Å². The van der Waals surface area contributed by atoms with E-state index in [0.29, 0.717) is 12.5 Å². The number of nitrogens with one attached hydrogen (secondary N) is 1. The van der Waals surface area contributed by atoms with Crippen LogP contribution in [0.3, 0.4) is 0 Å². The Balaban J connectivity index is 2.00. The second-order valence-corrected chi connectivity index (χ2v) is 6.03. The Kier molecular flexibility index (Phi) is 5.23. The number of aliphatic imine (C=N–C) groups is 1. The van der Waals surface area contributed by atoms with Crippen molar-refractivity contribution in [2.75, 3.05) is 18.5 Å². The van der Waals surface area contributed by atoms with Gasteiger partial charge in [0, 0.05) is 11.1 Å². The Morgan fingerprint density at radius 2 is 2.00 bits per heavy atom. The van der Waals surface area contributed by atoms with Crippen molar-refractivity contribution in [3.63, 3.8) is 0 Å². The maximum Gasteiger partial charge on any atom is 0.193 e. The van der Waals surface area contributed by atoms with Gasteiger partial charge in [-0.3, -0.25) is 4.99 Å². The normalized spacial score (nSPS) is 15.1. The molecule has 1 aromatic carbocycles. The molecule has 116 valence electrons. The Bertz CT molecular complexity index is 498. The van der Waals surface area contributed by atoms with E-state index in [1.54, 1.807) is 0 Å². The molecule has 0 spiro atoms. The third-order valence-corrected chi connectivity index (χ3v) is 4.79. The SMILES string of the molecule is CCC(CC)(CO)CN=C(N)Nc1ccc2c(c1)CCC2. The summed E-state index contributed by atoms with van der Waals surface area (Å²) in [5.41, 5.74) is 9.70. The van der Waals surface area contributed by atoms with Crippen molar-refractivity contribution in [2.45, 2.75) is 46.0 Å². The summed E-state index contributed by atoms with van der Waals surface area (Å²) in [6.45, 7) is 4.87. The first-order valence-corrected chi connectivity index (χ1v) is 7.92. The van der Waals surface area contributed by atoms with Crippen LogP contribution in [0.2, 0.25) is 0 Å². The standard InChI is InChI=1S/C17H27N3O/c1-3-17(4-2,12-21)11-19-16(18)20-15-9-8-13-6-5-7-14(13)10-15/h8-10,21H,3-7,11-12H2,1-2H3,(H3,18,19,20). The van der Waals surface area contributed by atoms with Crippen molar-refractivity contribution in [3.05, 3.63) is 29.3 Å². The number of nitrogens with zero attached hydrogens (tertiary/aromatic N) is 1. The number of guanidine groups is 1. The van der Waals surface area contributed by atoms with Gasteiger partial charge in [0.15, 0.2) is 5.96 Å². The van der Waals surface area contributed by atoms with Crippen molar-refractivity contribution in [3.8, 4) is 0 Å². The van der Waals surface area contributed by atoms with E-state index in [4.69, 9.17) is 5.73 Å². The zero-order valence-electron chi connectivity index (χ0n) is 13.2. The number of hydrogen-bond donors (Lipinski definition) is 3. The van der Waals surface area contributed by atoms with Gasteiger partial charge in [0.05, 0.1) is 13.2 Å². The average Bonchev–Trinajstić information content (AvgIpc) is 2.97. The first-order valence-electron chi connectivity index (χ1n) is 7.92. The van der Waals surface area contributed by atoms with Crippen LogP contribution in [0.5, 0.6) is 0 Å². The summed E-state index contributed by atoms with van der Waals surface area (Å²) in [6, 6.07) is 6.41. The Morgan fingerprint density at radius 3 is 2.67 bits per heavy atom. The molecular formula is C17H27N3O. The van der Waals surface area contributed by atoms with Crippen LogP contribution in [-0.2, 0) is 12.8 Å². The van der Waals surface area contributed by atoms with E-state index in [1.165, 1.54) is 24.0 Å². The average molecular weight is 289 g/mol. The van der Waals surface area contributed by atoms with Crippen molar-refractivity contribution in [1.29, 1.82) is 0 Å². The summed E-state index contributed by atoms with van der Waals surface area (Å²) < 4.78 is 0. The minimum atomic E-state index is -0.149. The summed E-state index contributed by atoms with van der Waals surface area (Å²) in [4.78, 5) is 4.42. The van der Waals surface area contributed by atoms with E-state index in [1.807, 2.05) is 0 Å². The van der Waals surface area contributed by atoms with Gasteiger partial charge in [-0.15, -0.1) is 0 Å². The molecule has 1 aromatic rings. The zero-order chi connectivity index (χ0) is 15.3. The molecule has 0 saturated heterocycles. The van der Waals surface area contributed by atoms with Crippen molar-refractivity contribution in [2.24, 2.45) is 16.1 Å². The second kappa shape index (κ2) is 6.94. The molecule has 2 rings (SSSR count). The highest BCUT2D eigenvalue weighted by atomic mass is 16.3. The highest BCUT2D eigenvalue weighted by molar-refractivity contribution is 5.92. The van der Waals surface area contributed by atoms with Gasteiger partial charge in [0.1, 0.15) is 0 Å². The summed E-state index contributed by atoms with van der Waals surface area (Å²) in [5, 5.41) is 12.7. The summed E-state index contributed by atoms with van der Waals surface area (Å²) in [5.74, 6) is 0.424. The number of hydrogen-bond acceptors (Lipinski definition) is 2. The molecule has 0 saturated carbocycles. The van der Waals surface area contributed by atoms with Gasteiger partial charge in [-0.25, -0.2) is 0 Å². The van der Waals surface area contributed by atoms with Gasteiger partial charge in [-0.1, -0.05) is 19.9 Å². The third kappa shape index (κ3) is 3.76. The third-order valence-electron chi connectivity index (χ3n) is 4.79. The van der Waals surface area contributed by atoms with Crippen molar-refractivity contribution < 1.29 is 5.11 Å². The molecule has 0 aliphatic heterocycles. The van der Waals surface area contributed by atoms with Crippen LogP contribution >= 0.6 is 0 Å². The van der Waals surface area contributed by atoms with Gasteiger partial charge in [0.2, 0.25) is 0 Å². The smallest absolute Gasteiger partial charge is 0.193 e. The van der Waals surface area contributed by atoms with Gasteiger partial charge in [-0.05, 0) is 55.4 Å². The number of nitrogens with two attached hydrogens (primary N) is 1. The molecule has 0 radical (unpaired) electrons. The molecule has 21 heavy (non-hydrogen) atoms. The summed E-state index contributed by atoms with van der Waals surface area (Å²) >= 11 is 0. The molecule has 4 nitrogen and oxygen atoms in total. The number of fused-ring (bicyclic) bond motifs is 1. The fourth-order valence-corrected chi connectivity index (χ4v) is 2.84. The van der Waals surface area contributed by atoms with Crippen LogP contribution < -0.4 is 11.1 Å². The maximum absolute atomic E-state index is 9.55. The molecule has 1 aliphatic rings. The van der Waals surface area contributed by atoms with Gasteiger partial charge < -0.3 is 16.2 Å². The number of aliphatic hydroxyl groups is 1. The summed E-state index contributed by atoms with van der Waals surface area (Å²) in [7, 11) is 0. The largest absolute Gasteiger partial charge is 0.396 e. The molecule has 0 aromatic heterocycles. The minimum absolute atomic E-state index is 0.148. The number of aryl methyl sites for hydroxylation is 2. The zero-order valence-corrected chi connectivity index (χ0v) is 13.2. The lowest BCUT2D eigenvalue weighted by Crippen LogP contribution is -2.30. The van der Waals surface area contributed by atoms with E-state index >= 15 is 0 Å². The topological polar surface area (TPSA) is 70.6 Å². The lowest BCUT2D eigenvalue weighted by atomic mass is 9.83. The molecule has 4 heteroatoms. The molecule has 1 aliphatic carbocycles. The quantitative estimate of drug-likeness (QED) is 0.557. The second-order valence-electron chi connectivity index (χ2n) is 6.03. The molecule has 4 N–H and O–H groups in total. The lowest BCUT2D eigenvalue weighted by molar-refractivity contribution is 0.123. The van der Waals surface area contributed by atoms with Crippen molar-refractivity contribution >= 4 is 11.6 Å². The minimum Gasteiger partial charge on any atom is -0.396 e. The first kappa shape index (κ1) is 15.8. The van der Waals surface area contributed by atoms with Gasteiger partial charge >= 0.3 is 0 Å². The highest BCUT2D eigenvalue weighted by Crippen LogP contribution is 2.26. The van der Waals surface area contributed by atoms with Gasteiger partial charge in [0.25, 0.3) is 0 Å². The molecule has 0 atom stereocenters. The monoisotopic (exact) mass is 289 g/mol. The Labute approximate surface area is 127 Å². The maximum atomic E-state index is 9.55. The van der Waals surface area contributed by atoms with Crippen LogP contribution in [0.1, 0.15) is 44.2 Å². The first-order chi connectivity index (χ1) is 10.1. The van der Waals surface area contributed by atoms with Crippen molar-refractivity contribution in [1.82, 2.24) is 0 Å². The number of benzene rings is 1. The molecular weight excluding hydrogens is 262 g/mol. The van der Waals surface area contributed by atoms with E-state index in [0.717, 1.165) is 24.9 Å². The Hall–Kier alpha value is -1.55. The van der Waals surface area contributed by atoms with E-state index in [9.17, 15) is 5.11 Å². The van der Waals surface area contributed by atoms with E-state index in [-0.39, 0.29) is 12.0 Å². The van der Waals surface area contributed by atoms with Gasteiger partial charge in [-0.2, -0.15) is 0 Å². The molecule has 0 heterocycles. The number of rotatable bonds is 6. The fourth-order valence-electron chi connectivity index (χ4n) is 2.84. The number of anilines is 1. The van der Waals surface area contributed by atoms with E-state index in [2.05, 4.69) is 42.4 Å². The molecule has 0 bridgehead atoms. The number of aliphatic hydroxyl groups excluding tert-OH is 1. The van der Waals surface area contributed by atoms with Crippen LogP contribution in [0.25, 0.3) is 0 Å². The lowest BCUT2D eigenvalue weighted by Gasteiger charge is -2.27. The predicted octanol–water partition coefficient (Wildman–Crippen LogP) is 2.70. The highest BCUT2D eigenvalue weighted by Gasteiger charge is 2.24. The van der Waals surface area contributed by atoms with Crippen LogP contribution in [0, 0.1) is 5.41 Å². The van der Waals surface area contributed by atoms with Crippen LogP contribution in [0.15, 0.2) is 23.2 Å². The molecule has 0 amide bonds. The molecule has 0 unspecified atom stereocenters.